The molecule has 6 bridgehead atoms. The molecular weight excluding hydrogens is 374 g/mol. The van der Waals surface area contributed by atoms with Crippen molar-refractivity contribution in [3.05, 3.63) is 0 Å². The van der Waals surface area contributed by atoms with E-state index in [1.165, 1.54) is 57.8 Å². The first-order chi connectivity index (χ1) is 14.3. The highest BCUT2D eigenvalue weighted by molar-refractivity contribution is 5.35. The lowest BCUT2D eigenvalue weighted by Gasteiger charge is -2.88. The summed E-state index contributed by atoms with van der Waals surface area (Å²) in [6.45, 7) is 24.2. The van der Waals surface area contributed by atoms with Crippen molar-refractivity contribution in [2.45, 2.75) is 137 Å². The Labute approximate surface area is 193 Å². The largest absolute Gasteiger partial charge is 0.284 e. The lowest BCUT2D eigenvalue weighted by atomic mass is 9.31. The fraction of sp³-hybridized carbons (Fsp3) is 1.00. The first-order valence-corrected chi connectivity index (χ1v) is 14.1. The standard InChI is InChI=1S/C30H51N/c1-19-10-13-22-16-28(19,25(22,4)5)31(29-17-23(26(29,6)7)14-11-20(29)2)30-18-24(27(30,8)9)15-12-21(30)3/h19-24H,10-18H2,1-9H3. The topological polar surface area (TPSA) is 3.24 Å². The van der Waals surface area contributed by atoms with E-state index in [1.807, 2.05) is 0 Å². The summed E-state index contributed by atoms with van der Waals surface area (Å²) in [7, 11) is 0. The maximum atomic E-state index is 3.48. The summed E-state index contributed by atoms with van der Waals surface area (Å²) in [6.07, 6.45) is 13.3. The van der Waals surface area contributed by atoms with Gasteiger partial charge in [0.05, 0.1) is 0 Å². The normalized spacial score (nSPS) is 57.5. The fourth-order valence-corrected chi connectivity index (χ4v) is 12.2. The monoisotopic (exact) mass is 425 g/mol. The molecule has 0 spiro atoms. The molecule has 9 atom stereocenters. The Morgan fingerprint density at radius 2 is 0.710 bits per heavy atom. The summed E-state index contributed by atoms with van der Waals surface area (Å²) in [6, 6.07) is 0. The van der Waals surface area contributed by atoms with Crippen molar-refractivity contribution in [3.63, 3.8) is 0 Å². The van der Waals surface area contributed by atoms with Crippen LogP contribution in [0.3, 0.4) is 0 Å². The number of fused-ring (bicyclic) bond motifs is 6. The Bertz CT molecular complexity index is 688. The third kappa shape index (κ3) is 1.90. The lowest BCUT2D eigenvalue weighted by molar-refractivity contribution is -0.389. The molecule has 0 N–H and O–H groups in total. The van der Waals surface area contributed by atoms with Crippen molar-refractivity contribution in [2.75, 3.05) is 0 Å². The van der Waals surface area contributed by atoms with Crippen molar-refractivity contribution >= 4 is 0 Å². The first-order valence-electron chi connectivity index (χ1n) is 14.1. The smallest absolute Gasteiger partial charge is 0.0303 e. The SMILES string of the molecule is CC1CCC2CC1(N(C13CC(CCC1C)C3(C)C)C13CC(CCC1C)C3(C)C)C2(C)C. The third-order valence-electron chi connectivity index (χ3n) is 14.6. The van der Waals surface area contributed by atoms with Gasteiger partial charge in [-0.15, -0.1) is 0 Å². The Balaban J connectivity index is 1.61. The molecule has 9 fully saturated rings. The summed E-state index contributed by atoms with van der Waals surface area (Å²) in [5.74, 6) is 5.37. The lowest BCUT2D eigenvalue weighted by Crippen LogP contribution is -2.93. The number of rotatable bonds is 3. The molecule has 31 heavy (non-hydrogen) atoms. The summed E-state index contributed by atoms with van der Waals surface area (Å²) in [5.41, 5.74) is 2.63. The molecule has 0 amide bonds. The van der Waals surface area contributed by atoms with Crippen molar-refractivity contribution < 1.29 is 0 Å². The molecule has 9 aliphatic carbocycles. The van der Waals surface area contributed by atoms with Crippen LogP contribution in [0.4, 0.5) is 0 Å². The molecule has 0 heterocycles. The molecule has 1 heteroatoms. The van der Waals surface area contributed by atoms with E-state index in [-0.39, 0.29) is 0 Å². The van der Waals surface area contributed by atoms with Gasteiger partial charge in [0.25, 0.3) is 0 Å². The van der Waals surface area contributed by atoms with Gasteiger partial charge in [0.2, 0.25) is 0 Å². The zero-order chi connectivity index (χ0) is 22.4. The Hall–Kier alpha value is -0.0400. The van der Waals surface area contributed by atoms with E-state index >= 15 is 0 Å². The molecule has 0 radical (unpaired) electrons. The van der Waals surface area contributed by atoms with Gasteiger partial charge in [-0.25, -0.2) is 0 Å². The molecule has 1 nitrogen and oxygen atoms in total. The predicted octanol–water partition coefficient (Wildman–Crippen LogP) is 7.93. The molecule has 0 aromatic rings. The number of hydrogen-bond donors (Lipinski definition) is 0. The minimum absolute atomic E-state index is 0.414. The van der Waals surface area contributed by atoms with E-state index in [0.29, 0.717) is 32.9 Å². The van der Waals surface area contributed by atoms with Crippen molar-refractivity contribution in [1.82, 2.24) is 4.90 Å². The second-order valence-corrected chi connectivity index (χ2v) is 15.4. The number of hydrogen-bond acceptors (Lipinski definition) is 1. The average Bonchev–Trinajstić information content (AvgIpc) is 2.70. The van der Waals surface area contributed by atoms with Crippen LogP contribution in [0.15, 0.2) is 0 Å². The summed E-state index contributed by atoms with van der Waals surface area (Å²) < 4.78 is 0. The second kappa shape index (κ2) is 5.78. The van der Waals surface area contributed by atoms with Gasteiger partial charge in [-0.2, -0.15) is 0 Å². The molecule has 0 aromatic heterocycles. The van der Waals surface area contributed by atoms with Crippen LogP contribution in [0.25, 0.3) is 0 Å². The minimum Gasteiger partial charge on any atom is -0.284 e. The number of nitrogens with zero attached hydrogens (tertiary/aromatic N) is 1. The molecular formula is C30H51N. The average molecular weight is 426 g/mol. The van der Waals surface area contributed by atoms with Gasteiger partial charge in [0.15, 0.2) is 0 Å². The van der Waals surface area contributed by atoms with Crippen molar-refractivity contribution in [2.24, 2.45) is 51.8 Å². The van der Waals surface area contributed by atoms with Gasteiger partial charge in [0.1, 0.15) is 0 Å². The van der Waals surface area contributed by atoms with E-state index in [1.54, 1.807) is 0 Å². The van der Waals surface area contributed by atoms with Crippen molar-refractivity contribution in [3.8, 4) is 0 Å². The van der Waals surface area contributed by atoms with E-state index in [4.69, 9.17) is 0 Å². The second-order valence-electron chi connectivity index (χ2n) is 15.4. The van der Waals surface area contributed by atoms with E-state index in [9.17, 15) is 0 Å². The maximum absolute atomic E-state index is 3.48. The van der Waals surface area contributed by atoms with Crippen molar-refractivity contribution in [1.29, 1.82) is 0 Å². The summed E-state index contributed by atoms with van der Waals surface area (Å²) in [5, 5.41) is 0. The molecule has 0 aromatic carbocycles. The molecule has 9 saturated carbocycles. The van der Waals surface area contributed by atoms with Gasteiger partial charge in [-0.1, -0.05) is 62.3 Å². The quantitative estimate of drug-likeness (QED) is 0.443. The highest BCUT2D eigenvalue weighted by Gasteiger charge is 2.82. The molecule has 9 unspecified atom stereocenters. The van der Waals surface area contributed by atoms with E-state index in [2.05, 4.69) is 67.2 Å². The third-order valence-corrected chi connectivity index (χ3v) is 14.6. The highest BCUT2D eigenvalue weighted by atomic mass is 15.4. The van der Waals surface area contributed by atoms with Gasteiger partial charge < -0.3 is 0 Å². The predicted molar refractivity (Wildman–Crippen MR) is 131 cm³/mol. The van der Waals surface area contributed by atoms with Crippen LogP contribution in [0.2, 0.25) is 0 Å². The zero-order valence-corrected chi connectivity index (χ0v) is 22.3. The maximum Gasteiger partial charge on any atom is 0.0303 e. The molecule has 9 aliphatic rings. The van der Waals surface area contributed by atoms with Crippen LogP contribution in [0.5, 0.6) is 0 Å². The summed E-state index contributed by atoms with van der Waals surface area (Å²) >= 11 is 0. The van der Waals surface area contributed by atoms with E-state index < -0.39 is 0 Å². The Morgan fingerprint density at radius 3 is 0.903 bits per heavy atom. The van der Waals surface area contributed by atoms with Crippen LogP contribution in [0, 0.1) is 51.8 Å². The van der Waals surface area contributed by atoms with Gasteiger partial charge in [0, 0.05) is 16.6 Å². The molecule has 176 valence electrons. The van der Waals surface area contributed by atoms with Crippen LogP contribution in [-0.4, -0.2) is 21.5 Å². The van der Waals surface area contributed by atoms with Gasteiger partial charge in [-0.05, 0) is 110 Å². The Kier molecular flexibility index (Phi) is 4.00. The van der Waals surface area contributed by atoms with Crippen LogP contribution >= 0.6 is 0 Å². The molecule has 0 aliphatic heterocycles. The first kappa shape index (κ1) is 21.5. The van der Waals surface area contributed by atoms with Gasteiger partial charge >= 0.3 is 0 Å². The van der Waals surface area contributed by atoms with Gasteiger partial charge in [-0.3, -0.25) is 4.90 Å². The minimum atomic E-state index is 0.414. The molecule has 9 rings (SSSR count). The van der Waals surface area contributed by atoms with E-state index in [0.717, 1.165) is 35.5 Å². The van der Waals surface area contributed by atoms with Crippen LogP contribution in [-0.2, 0) is 0 Å². The molecule has 0 saturated heterocycles. The zero-order valence-electron chi connectivity index (χ0n) is 22.3. The van der Waals surface area contributed by atoms with Crippen LogP contribution in [0.1, 0.15) is 120 Å². The summed E-state index contributed by atoms with van der Waals surface area (Å²) in [4.78, 5) is 3.48. The fourth-order valence-electron chi connectivity index (χ4n) is 12.2. The van der Waals surface area contributed by atoms with Crippen LogP contribution < -0.4 is 0 Å². The highest BCUT2D eigenvalue weighted by Crippen LogP contribution is 2.80. The Morgan fingerprint density at radius 1 is 0.452 bits per heavy atom.